The highest BCUT2D eigenvalue weighted by Crippen LogP contribution is 2.23. The minimum Gasteiger partial charge on any atom is -0.478 e. The van der Waals surface area contributed by atoms with Gasteiger partial charge >= 0.3 is 5.97 Å². The molecule has 0 aliphatic carbocycles. The van der Waals surface area contributed by atoms with E-state index in [0.29, 0.717) is 11.0 Å². The number of fused-ring (bicyclic) bond motifs is 2. The number of hydrogen-bond donors (Lipinski definition) is 2. The number of nitrogens with zero attached hydrogens (tertiary/aromatic N) is 1. The summed E-state index contributed by atoms with van der Waals surface area (Å²) >= 11 is 3.27. The van der Waals surface area contributed by atoms with Crippen LogP contribution in [0, 0.1) is 0 Å². The van der Waals surface area contributed by atoms with Gasteiger partial charge in [-0.25, -0.2) is 4.79 Å². The number of carboxylic acid groups (broad SMARTS) is 1. The third-order valence-electron chi connectivity index (χ3n) is 2.88. The van der Waals surface area contributed by atoms with Crippen molar-refractivity contribution in [3.8, 4) is 0 Å². The van der Waals surface area contributed by atoms with Gasteiger partial charge in [0.15, 0.2) is 0 Å². The Balaban J connectivity index is 2.51. The zero-order valence-electron chi connectivity index (χ0n) is 9.88. The van der Waals surface area contributed by atoms with Crippen LogP contribution in [0.25, 0.3) is 22.1 Å². The van der Waals surface area contributed by atoms with E-state index in [2.05, 4.69) is 20.9 Å². The number of carboxylic acids is 1. The van der Waals surface area contributed by atoms with E-state index < -0.39 is 5.97 Å². The summed E-state index contributed by atoms with van der Waals surface area (Å²) in [7, 11) is 0. The van der Waals surface area contributed by atoms with Gasteiger partial charge in [-0.1, -0.05) is 15.9 Å². The number of aromatic carboxylic acids is 1. The van der Waals surface area contributed by atoms with E-state index in [0.717, 1.165) is 4.47 Å². The summed E-state index contributed by atoms with van der Waals surface area (Å²) in [4.78, 5) is 27.3. The lowest BCUT2D eigenvalue weighted by molar-refractivity contribution is 0.0698. The molecular weight excluding hydrogens is 328 g/mol. The van der Waals surface area contributed by atoms with Crippen molar-refractivity contribution in [1.82, 2.24) is 4.98 Å². The van der Waals surface area contributed by atoms with Crippen molar-refractivity contribution < 1.29 is 14.3 Å². The van der Waals surface area contributed by atoms with Crippen molar-refractivity contribution in [2.24, 2.45) is 0 Å². The first-order valence-corrected chi connectivity index (χ1v) is 6.32. The van der Waals surface area contributed by atoms with E-state index >= 15 is 0 Å². The number of nitrogens with two attached hydrogens (primary N) is 1. The molecule has 0 amide bonds. The van der Waals surface area contributed by atoms with Crippen molar-refractivity contribution >= 4 is 49.8 Å². The Labute approximate surface area is 120 Å². The summed E-state index contributed by atoms with van der Waals surface area (Å²) in [6.45, 7) is 0. The lowest BCUT2D eigenvalue weighted by atomic mass is 10.1. The van der Waals surface area contributed by atoms with Crippen LogP contribution < -0.4 is 11.2 Å². The van der Waals surface area contributed by atoms with Crippen LogP contribution in [-0.4, -0.2) is 16.1 Å². The molecule has 0 aliphatic heterocycles. The average molecular weight is 335 g/mol. The van der Waals surface area contributed by atoms with Crippen LogP contribution in [0.1, 0.15) is 10.4 Å². The molecule has 2 heterocycles. The summed E-state index contributed by atoms with van der Waals surface area (Å²) in [5.41, 5.74) is 5.35. The molecule has 0 saturated heterocycles. The molecule has 20 heavy (non-hydrogen) atoms. The van der Waals surface area contributed by atoms with Crippen LogP contribution in [-0.2, 0) is 0 Å². The Hall–Kier alpha value is -2.41. The van der Waals surface area contributed by atoms with Gasteiger partial charge in [0.05, 0.1) is 10.8 Å². The highest BCUT2D eigenvalue weighted by Gasteiger charge is 2.15. The fraction of sp³-hybridized carbons (Fsp3) is 0. The number of benzene rings is 1. The topological polar surface area (TPSA) is 106 Å². The monoisotopic (exact) mass is 334 g/mol. The quantitative estimate of drug-likeness (QED) is 0.661. The average Bonchev–Trinajstić information content (AvgIpc) is 2.39. The summed E-state index contributed by atoms with van der Waals surface area (Å²) in [6, 6.07) is 6.15. The second-order valence-electron chi connectivity index (χ2n) is 4.15. The maximum absolute atomic E-state index is 12.4. The maximum Gasteiger partial charge on any atom is 0.339 e. The molecular formula is C13H7BrN2O4. The van der Waals surface area contributed by atoms with Crippen LogP contribution in [0.2, 0.25) is 0 Å². The Kier molecular flexibility index (Phi) is 2.72. The number of carbonyl (C=O) groups is 1. The summed E-state index contributed by atoms with van der Waals surface area (Å²) in [5.74, 6) is -1.43. The van der Waals surface area contributed by atoms with E-state index in [1.165, 1.54) is 6.07 Å². The largest absolute Gasteiger partial charge is 0.478 e. The molecule has 0 atom stereocenters. The van der Waals surface area contributed by atoms with Crippen LogP contribution in [0.3, 0.4) is 0 Å². The van der Waals surface area contributed by atoms with Gasteiger partial charge in [0.25, 0.3) is 0 Å². The van der Waals surface area contributed by atoms with Crippen molar-refractivity contribution in [3.63, 3.8) is 0 Å². The molecule has 3 rings (SSSR count). The number of halogens is 1. The van der Waals surface area contributed by atoms with Gasteiger partial charge in [-0.2, -0.15) is 4.98 Å². The van der Waals surface area contributed by atoms with Gasteiger partial charge in [-0.3, -0.25) is 4.79 Å². The van der Waals surface area contributed by atoms with Crippen LogP contribution >= 0.6 is 15.9 Å². The minimum absolute atomic E-state index is 0.0207. The normalized spacial score (nSPS) is 11.1. The van der Waals surface area contributed by atoms with Crippen LogP contribution in [0.5, 0.6) is 0 Å². The van der Waals surface area contributed by atoms with Crippen LogP contribution in [0.4, 0.5) is 5.82 Å². The number of anilines is 1. The molecule has 2 aromatic heterocycles. The molecule has 100 valence electrons. The molecule has 3 aromatic rings. The number of nitrogen functional groups attached to an aromatic ring is 1. The molecule has 0 fully saturated rings. The molecule has 1 aromatic carbocycles. The molecule has 0 aliphatic rings. The van der Waals surface area contributed by atoms with E-state index in [1.807, 2.05) is 0 Å². The van der Waals surface area contributed by atoms with Crippen LogP contribution in [0.15, 0.2) is 37.9 Å². The van der Waals surface area contributed by atoms with Gasteiger partial charge in [0, 0.05) is 4.47 Å². The number of aromatic nitrogens is 1. The predicted molar refractivity (Wildman–Crippen MR) is 76.9 cm³/mol. The molecule has 6 nitrogen and oxygen atoms in total. The highest BCUT2D eigenvalue weighted by atomic mass is 79.9. The SMILES string of the molecule is Nc1nc2oc3ccc(Br)cc3c(=O)c2cc1C(=O)O. The zero-order valence-corrected chi connectivity index (χ0v) is 11.5. The Morgan fingerprint density at radius 3 is 2.75 bits per heavy atom. The third kappa shape index (κ3) is 1.83. The second-order valence-corrected chi connectivity index (χ2v) is 5.07. The number of pyridine rings is 1. The van der Waals surface area contributed by atoms with Gasteiger partial charge in [0.2, 0.25) is 11.1 Å². The van der Waals surface area contributed by atoms with Crippen molar-refractivity contribution in [2.75, 3.05) is 5.73 Å². The molecule has 0 radical (unpaired) electrons. The Bertz CT molecular complexity index is 933. The Morgan fingerprint density at radius 2 is 2.05 bits per heavy atom. The fourth-order valence-corrected chi connectivity index (χ4v) is 2.30. The second kappa shape index (κ2) is 4.31. The van der Waals surface area contributed by atoms with E-state index in [4.69, 9.17) is 15.3 Å². The molecule has 0 spiro atoms. The first kappa shape index (κ1) is 12.6. The summed E-state index contributed by atoms with van der Waals surface area (Å²) in [5, 5.41) is 9.44. The number of rotatable bonds is 1. The highest BCUT2D eigenvalue weighted by molar-refractivity contribution is 9.10. The summed E-state index contributed by atoms with van der Waals surface area (Å²) < 4.78 is 6.21. The van der Waals surface area contributed by atoms with E-state index in [-0.39, 0.29) is 27.9 Å². The predicted octanol–water partition coefficient (Wildman–Crippen LogP) is 2.38. The fourth-order valence-electron chi connectivity index (χ4n) is 1.94. The molecule has 0 bridgehead atoms. The molecule has 3 N–H and O–H groups in total. The lowest BCUT2D eigenvalue weighted by Gasteiger charge is -2.04. The zero-order chi connectivity index (χ0) is 14.4. The van der Waals surface area contributed by atoms with Gasteiger partial charge in [-0.05, 0) is 24.3 Å². The lowest BCUT2D eigenvalue weighted by Crippen LogP contribution is -2.09. The standard InChI is InChI=1S/C13H7BrN2O4/c14-5-1-2-9-6(3-5)10(17)7-4-8(13(18)19)11(15)16-12(7)20-9/h1-4H,(H2,15,16)(H,18,19). The van der Waals surface area contributed by atoms with E-state index in [1.54, 1.807) is 18.2 Å². The van der Waals surface area contributed by atoms with Gasteiger partial charge < -0.3 is 15.3 Å². The molecule has 0 unspecified atom stereocenters. The molecule has 7 heteroatoms. The molecule has 0 saturated carbocycles. The first-order chi connectivity index (χ1) is 9.47. The van der Waals surface area contributed by atoms with Gasteiger partial charge in [-0.15, -0.1) is 0 Å². The summed E-state index contributed by atoms with van der Waals surface area (Å²) in [6.07, 6.45) is 0. The third-order valence-corrected chi connectivity index (χ3v) is 3.38. The van der Waals surface area contributed by atoms with Crippen molar-refractivity contribution in [3.05, 3.63) is 44.5 Å². The Morgan fingerprint density at radius 1 is 1.30 bits per heavy atom. The number of hydrogen-bond acceptors (Lipinski definition) is 5. The minimum atomic E-state index is -1.24. The maximum atomic E-state index is 12.4. The van der Waals surface area contributed by atoms with Gasteiger partial charge in [0.1, 0.15) is 17.0 Å². The van der Waals surface area contributed by atoms with Crippen molar-refractivity contribution in [1.29, 1.82) is 0 Å². The van der Waals surface area contributed by atoms with E-state index in [9.17, 15) is 9.59 Å². The first-order valence-electron chi connectivity index (χ1n) is 5.53. The van der Waals surface area contributed by atoms with Crippen molar-refractivity contribution in [2.45, 2.75) is 0 Å². The smallest absolute Gasteiger partial charge is 0.339 e.